The number of ether oxygens (including phenoxy) is 1. The predicted octanol–water partition coefficient (Wildman–Crippen LogP) is 2.56. The fourth-order valence-electron chi connectivity index (χ4n) is 0.709. The molecule has 0 aromatic carbocycles. The highest BCUT2D eigenvalue weighted by atomic mass is 79.9. The molecule has 0 saturated carbocycles. The summed E-state index contributed by atoms with van der Waals surface area (Å²) in [7, 11) is 0. The first-order valence-corrected chi connectivity index (χ1v) is 4.84. The maximum absolute atomic E-state index is 12.8. The molecule has 0 aliphatic heterocycles. The molecule has 0 atom stereocenters. The van der Waals surface area contributed by atoms with Crippen molar-refractivity contribution in [2.24, 2.45) is 0 Å². The molecule has 0 N–H and O–H groups in total. The molecule has 5 heteroatoms. The number of hydrogen-bond acceptors (Lipinski definition) is 3. The van der Waals surface area contributed by atoms with E-state index >= 15 is 0 Å². The molecule has 1 heterocycles. The van der Waals surface area contributed by atoms with Gasteiger partial charge in [0.1, 0.15) is 0 Å². The third kappa shape index (κ3) is 3.26. The van der Waals surface area contributed by atoms with Crippen LogP contribution in [0.25, 0.3) is 0 Å². The molecule has 0 amide bonds. The van der Waals surface area contributed by atoms with E-state index in [0.717, 1.165) is 12.8 Å². The van der Waals surface area contributed by atoms with E-state index in [-0.39, 0.29) is 10.5 Å². The standard InChI is InChI=1S/C8H10BrFN2O/c1-2-3-4-13-8-11-5-6(9)7(10)12-8/h5H,2-4H2,1H3. The van der Waals surface area contributed by atoms with E-state index in [2.05, 4.69) is 25.9 Å². The van der Waals surface area contributed by atoms with Crippen molar-refractivity contribution >= 4 is 15.9 Å². The van der Waals surface area contributed by atoms with Crippen LogP contribution in [0.4, 0.5) is 4.39 Å². The minimum Gasteiger partial charge on any atom is -0.463 e. The fraction of sp³-hybridized carbons (Fsp3) is 0.500. The molecule has 0 aliphatic carbocycles. The van der Waals surface area contributed by atoms with Crippen LogP contribution in [-0.2, 0) is 0 Å². The Balaban J connectivity index is 2.53. The van der Waals surface area contributed by atoms with Crippen LogP contribution in [0.2, 0.25) is 0 Å². The summed E-state index contributed by atoms with van der Waals surface area (Å²) in [5.41, 5.74) is 0. The van der Waals surface area contributed by atoms with E-state index < -0.39 is 5.95 Å². The zero-order chi connectivity index (χ0) is 9.68. The van der Waals surface area contributed by atoms with Gasteiger partial charge in [0.15, 0.2) is 0 Å². The molecule has 0 fully saturated rings. The topological polar surface area (TPSA) is 35.0 Å². The largest absolute Gasteiger partial charge is 0.463 e. The minimum atomic E-state index is -0.596. The molecule has 13 heavy (non-hydrogen) atoms. The van der Waals surface area contributed by atoms with E-state index in [1.54, 1.807) is 0 Å². The molecular formula is C8H10BrFN2O. The van der Waals surface area contributed by atoms with Gasteiger partial charge in [0.2, 0.25) is 5.95 Å². The van der Waals surface area contributed by atoms with Gasteiger partial charge in [-0.1, -0.05) is 13.3 Å². The summed E-state index contributed by atoms with van der Waals surface area (Å²) in [6, 6.07) is 0.0918. The van der Waals surface area contributed by atoms with Crippen LogP contribution >= 0.6 is 15.9 Å². The highest BCUT2D eigenvalue weighted by molar-refractivity contribution is 9.10. The van der Waals surface area contributed by atoms with Crippen molar-refractivity contribution in [2.45, 2.75) is 19.8 Å². The van der Waals surface area contributed by atoms with Gasteiger partial charge in [0.05, 0.1) is 17.3 Å². The van der Waals surface area contributed by atoms with E-state index in [4.69, 9.17) is 4.74 Å². The number of hydrogen-bond donors (Lipinski definition) is 0. The summed E-state index contributed by atoms with van der Waals surface area (Å²) in [5, 5.41) is 0. The Morgan fingerprint density at radius 1 is 1.62 bits per heavy atom. The number of halogens is 2. The first-order valence-electron chi connectivity index (χ1n) is 4.05. The van der Waals surface area contributed by atoms with Gasteiger partial charge in [0.25, 0.3) is 0 Å². The molecule has 0 unspecified atom stereocenters. The van der Waals surface area contributed by atoms with Crippen molar-refractivity contribution in [2.75, 3.05) is 6.61 Å². The summed E-state index contributed by atoms with van der Waals surface area (Å²) in [6.07, 6.45) is 3.28. The highest BCUT2D eigenvalue weighted by Crippen LogP contribution is 2.13. The maximum atomic E-state index is 12.8. The van der Waals surface area contributed by atoms with Crippen molar-refractivity contribution in [1.82, 2.24) is 9.97 Å². The molecule has 0 saturated heterocycles. The van der Waals surface area contributed by atoms with Gasteiger partial charge in [-0.25, -0.2) is 4.98 Å². The Kier molecular flexibility index (Phi) is 4.08. The molecule has 0 spiro atoms. The summed E-state index contributed by atoms with van der Waals surface area (Å²) in [4.78, 5) is 7.29. The minimum absolute atomic E-state index is 0.0918. The maximum Gasteiger partial charge on any atom is 0.319 e. The molecule has 3 nitrogen and oxygen atoms in total. The average molecular weight is 249 g/mol. The zero-order valence-electron chi connectivity index (χ0n) is 7.26. The Bertz CT molecular complexity index is 283. The van der Waals surface area contributed by atoms with E-state index in [1.165, 1.54) is 6.20 Å². The summed E-state index contributed by atoms with van der Waals surface area (Å²) < 4.78 is 18.2. The lowest BCUT2D eigenvalue weighted by Crippen LogP contribution is -2.01. The summed E-state index contributed by atoms with van der Waals surface area (Å²) in [5.74, 6) is -0.596. The van der Waals surface area contributed by atoms with Crippen LogP contribution < -0.4 is 4.74 Å². The first kappa shape index (κ1) is 10.4. The van der Waals surface area contributed by atoms with Crippen LogP contribution in [0.15, 0.2) is 10.7 Å². The summed E-state index contributed by atoms with van der Waals surface area (Å²) >= 11 is 2.96. The van der Waals surface area contributed by atoms with Gasteiger partial charge in [-0.05, 0) is 22.4 Å². The van der Waals surface area contributed by atoms with Crippen LogP contribution in [0.5, 0.6) is 6.01 Å². The van der Waals surface area contributed by atoms with Crippen LogP contribution in [0.1, 0.15) is 19.8 Å². The van der Waals surface area contributed by atoms with Crippen LogP contribution in [0, 0.1) is 5.95 Å². The summed E-state index contributed by atoms with van der Waals surface area (Å²) in [6.45, 7) is 2.57. The van der Waals surface area contributed by atoms with Gasteiger partial charge in [-0.15, -0.1) is 0 Å². The molecule has 72 valence electrons. The Labute approximate surface area is 84.5 Å². The van der Waals surface area contributed by atoms with E-state index in [9.17, 15) is 4.39 Å². The van der Waals surface area contributed by atoms with Crippen molar-refractivity contribution in [3.8, 4) is 6.01 Å². The van der Waals surface area contributed by atoms with Gasteiger partial charge in [-0.3, -0.25) is 0 Å². The molecule has 0 radical (unpaired) electrons. The number of unbranched alkanes of at least 4 members (excludes halogenated alkanes) is 1. The van der Waals surface area contributed by atoms with Gasteiger partial charge < -0.3 is 4.74 Å². The first-order chi connectivity index (χ1) is 6.24. The second-order valence-electron chi connectivity index (χ2n) is 2.49. The predicted molar refractivity (Wildman–Crippen MR) is 50.1 cm³/mol. The number of rotatable bonds is 4. The van der Waals surface area contributed by atoms with Crippen molar-refractivity contribution in [3.63, 3.8) is 0 Å². The lowest BCUT2D eigenvalue weighted by Gasteiger charge is -2.02. The van der Waals surface area contributed by atoms with Gasteiger partial charge in [-0.2, -0.15) is 9.37 Å². The zero-order valence-corrected chi connectivity index (χ0v) is 8.84. The quantitative estimate of drug-likeness (QED) is 0.607. The Morgan fingerprint density at radius 3 is 3.00 bits per heavy atom. The fourth-order valence-corrected chi connectivity index (χ4v) is 0.900. The van der Waals surface area contributed by atoms with Crippen LogP contribution in [-0.4, -0.2) is 16.6 Å². The lowest BCUT2D eigenvalue weighted by atomic mass is 10.4. The second kappa shape index (κ2) is 5.11. The Hall–Kier alpha value is -0.710. The normalized spacial score (nSPS) is 10.1. The SMILES string of the molecule is CCCCOc1ncc(Br)c(F)n1. The van der Waals surface area contributed by atoms with E-state index in [1.807, 2.05) is 6.92 Å². The molecular weight excluding hydrogens is 239 g/mol. The molecule has 1 aromatic rings. The number of nitrogens with zero attached hydrogens (tertiary/aromatic N) is 2. The monoisotopic (exact) mass is 248 g/mol. The van der Waals surface area contributed by atoms with Gasteiger partial charge >= 0.3 is 6.01 Å². The van der Waals surface area contributed by atoms with Crippen molar-refractivity contribution < 1.29 is 9.13 Å². The average Bonchev–Trinajstić information content (AvgIpc) is 2.12. The Morgan fingerprint density at radius 2 is 2.38 bits per heavy atom. The van der Waals surface area contributed by atoms with Crippen molar-refractivity contribution in [1.29, 1.82) is 0 Å². The van der Waals surface area contributed by atoms with E-state index in [0.29, 0.717) is 6.61 Å². The molecule has 0 bridgehead atoms. The molecule has 1 aromatic heterocycles. The highest BCUT2D eigenvalue weighted by Gasteiger charge is 2.03. The smallest absolute Gasteiger partial charge is 0.319 e. The second-order valence-corrected chi connectivity index (χ2v) is 3.35. The van der Waals surface area contributed by atoms with Gasteiger partial charge in [0, 0.05) is 0 Å². The molecule has 1 rings (SSSR count). The van der Waals surface area contributed by atoms with Crippen LogP contribution in [0.3, 0.4) is 0 Å². The molecule has 0 aliphatic rings. The van der Waals surface area contributed by atoms with Crippen molar-refractivity contribution in [3.05, 3.63) is 16.6 Å². The lowest BCUT2D eigenvalue weighted by molar-refractivity contribution is 0.280. The third-order valence-electron chi connectivity index (χ3n) is 1.41. The third-order valence-corrected chi connectivity index (χ3v) is 1.94. The number of aromatic nitrogens is 2.